The van der Waals surface area contributed by atoms with Gasteiger partial charge in [0.05, 0.1) is 17.9 Å². The molecule has 1 saturated heterocycles. The van der Waals surface area contributed by atoms with Crippen LogP contribution in [0.15, 0.2) is 54.7 Å². The number of carbonyl (C=O) groups excluding carboxylic acids is 2. The fourth-order valence-electron chi connectivity index (χ4n) is 4.94. The molecule has 2 aliphatic heterocycles. The van der Waals surface area contributed by atoms with Gasteiger partial charge in [0.1, 0.15) is 29.3 Å². The smallest absolute Gasteiger partial charge is 0.326 e. The Labute approximate surface area is 220 Å². The molecular formula is C28H28ClFN4O3. The zero-order valence-electron chi connectivity index (χ0n) is 20.7. The maximum absolute atomic E-state index is 14.2. The van der Waals surface area contributed by atoms with Crippen molar-refractivity contribution < 1.29 is 18.7 Å². The number of nitrogens with one attached hydrogen (secondary N) is 1. The third-order valence-electron chi connectivity index (χ3n) is 6.70. The number of amides is 2. The van der Waals surface area contributed by atoms with Crippen LogP contribution in [0.2, 0.25) is 5.02 Å². The number of ketones is 1. The summed E-state index contributed by atoms with van der Waals surface area (Å²) in [5.74, 6) is 1.48. The van der Waals surface area contributed by atoms with Crippen LogP contribution in [0.4, 0.5) is 26.4 Å². The summed E-state index contributed by atoms with van der Waals surface area (Å²) in [4.78, 5) is 32.9. The number of Topliss-reactive ketones (excluding diaryl/α,β-unsaturated/α-hetero) is 1. The predicted molar refractivity (Wildman–Crippen MR) is 143 cm³/mol. The largest absolute Gasteiger partial charge is 0.487 e. The fourth-order valence-corrected chi connectivity index (χ4v) is 5.10. The van der Waals surface area contributed by atoms with Crippen LogP contribution in [0.25, 0.3) is 11.1 Å². The number of hydrogen-bond donors (Lipinski definition) is 1. The zero-order valence-corrected chi connectivity index (χ0v) is 21.5. The molecule has 192 valence electrons. The Bertz CT molecular complexity index is 1330. The molecule has 0 saturated carbocycles. The van der Waals surface area contributed by atoms with Crippen LogP contribution in [-0.2, 0) is 4.79 Å². The fraction of sp³-hybridized carbons (Fsp3) is 0.321. The Morgan fingerprint density at radius 2 is 1.95 bits per heavy atom. The van der Waals surface area contributed by atoms with Crippen molar-refractivity contribution in [3.63, 3.8) is 0 Å². The second kappa shape index (κ2) is 10.4. The van der Waals surface area contributed by atoms with E-state index in [2.05, 4.69) is 15.2 Å². The van der Waals surface area contributed by atoms with Crippen molar-refractivity contribution >= 4 is 40.6 Å². The van der Waals surface area contributed by atoms with Gasteiger partial charge in [-0.1, -0.05) is 17.7 Å². The number of carbonyl (C=O) groups is 2. The highest BCUT2D eigenvalue weighted by Crippen LogP contribution is 2.38. The molecule has 37 heavy (non-hydrogen) atoms. The van der Waals surface area contributed by atoms with Crippen molar-refractivity contribution in [3.8, 4) is 16.9 Å². The standard InChI is InChI=1S/C28H28ClFN4O3/c1-17(35)11-19-9-10-33(16-19)27-8-4-21(14-31-27)20-3-7-25-26(12-20)37-18(2)15-34(25)28(36)32-24-6-5-22(29)13-23(24)30/h3-8,12-14,18-19H,9-11,15-16H2,1-2H3,(H,32,36). The number of rotatable bonds is 5. The molecule has 0 aliphatic carbocycles. The summed E-state index contributed by atoms with van der Waals surface area (Å²) in [5.41, 5.74) is 2.49. The Kier molecular flexibility index (Phi) is 7.02. The Hall–Kier alpha value is -3.65. The first-order valence-corrected chi connectivity index (χ1v) is 12.7. The van der Waals surface area contributed by atoms with Crippen LogP contribution in [0, 0.1) is 11.7 Å². The summed E-state index contributed by atoms with van der Waals surface area (Å²) < 4.78 is 20.3. The monoisotopic (exact) mass is 522 g/mol. The number of benzene rings is 2. The lowest BCUT2D eigenvalue weighted by Gasteiger charge is -2.33. The topological polar surface area (TPSA) is 74.8 Å². The number of nitrogens with zero attached hydrogens (tertiary/aromatic N) is 3. The first kappa shape index (κ1) is 25.0. The average molecular weight is 523 g/mol. The lowest BCUT2D eigenvalue weighted by Crippen LogP contribution is -2.44. The van der Waals surface area contributed by atoms with E-state index in [-0.39, 0.29) is 22.6 Å². The Morgan fingerprint density at radius 3 is 2.68 bits per heavy atom. The SMILES string of the molecule is CC(=O)CC1CCN(c2ccc(-c3ccc4c(c3)OC(C)CN4C(=O)Nc3ccc(Cl)cc3F)cn2)C1. The molecule has 3 aromatic rings. The first-order chi connectivity index (χ1) is 17.8. The predicted octanol–water partition coefficient (Wildman–Crippen LogP) is 6.17. The molecule has 2 atom stereocenters. The number of pyridine rings is 1. The molecule has 0 radical (unpaired) electrons. The molecular weight excluding hydrogens is 495 g/mol. The first-order valence-electron chi connectivity index (χ1n) is 12.3. The van der Waals surface area contributed by atoms with E-state index in [4.69, 9.17) is 16.3 Å². The van der Waals surface area contributed by atoms with E-state index in [1.807, 2.05) is 43.5 Å². The molecule has 1 fully saturated rings. The molecule has 2 unspecified atom stereocenters. The summed E-state index contributed by atoms with van der Waals surface area (Å²) >= 11 is 5.82. The van der Waals surface area contributed by atoms with Gasteiger partial charge in [0.2, 0.25) is 0 Å². The Balaban J connectivity index is 1.32. The molecule has 1 N–H and O–H groups in total. The molecule has 5 rings (SSSR count). The van der Waals surface area contributed by atoms with Crippen LogP contribution < -0.4 is 19.9 Å². The Morgan fingerprint density at radius 1 is 1.14 bits per heavy atom. The highest BCUT2D eigenvalue weighted by atomic mass is 35.5. The van der Waals surface area contributed by atoms with Crippen molar-refractivity contribution in [1.82, 2.24) is 4.98 Å². The molecule has 3 heterocycles. The van der Waals surface area contributed by atoms with Crippen molar-refractivity contribution in [1.29, 1.82) is 0 Å². The quantitative estimate of drug-likeness (QED) is 0.434. The van der Waals surface area contributed by atoms with Crippen molar-refractivity contribution in [3.05, 3.63) is 65.6 Å². The van der Waals surface area contributed by atoms with Crippen molar-refractivity contribution in [2.24, 2.45) is 5.92 Å². The molecule has 0 bridgehead atoms. The number of halogens is 2. The summed E-state index contributed by atoms with van der Waals surface area (Å²) in [6.07, 6.45) is 3.20. The van der Waals surface area contributed by atoms with Gasteiger partial charge in [-0.05, 0) is 74.2 Å². The highest BCUT2D eigenvalue weighted by Gasteiger charge is 2.29. The molecule has 1 aromatic heterocycles. The van der Waals surface area contributed by atoms with Crippen LogP contribution in [-0.4, -0.2) is 42.5 Å². The maximum Gasteiger partial charge on any atom is 0.326 e. The minimum Gasteiger partial charge on any atom is -0.487 e. The van der Waals surface area contributed by atoms with Crippen LogP contribution >= 0.6 is 11.6 Å². The number of aromatic nitrogens is 1. The van der Waals surface area contributed by atoms with Crippen molar-refractivity contribution in [2.75, 3.05) is 34.8 Å². The lowest BCUT2D eigenvalue weighted by molar-refractivity contribution is -0.117. The molecule has 9 heteroatoms. The van der Waals surface area contributed by atoms with E-state index in [0.29, 0.717) is 30.3 Å². The second-order valence-corrected chi connectivity index (χ2v) is 10.1. The lowest BCUT2D eigenvalue weighted by atomic mass is 10.0. The third-order valence-corrected chi connectivity index (χ3v) is 6.94. The van der Waals surface area contributed by atoms with E-state index < -0.39 is 11.8 Å². The van der Waals surface area contributed by atoms with Gasteiger partial charge in [-0.15, -0.1) is 0 Å². The van der Waals surface area contributed by atoms with Crippen LogP contribution in [0.3, 0.4) is 0 Å². The summed E-state index contributed by atoms with van der Waals surface area (Å²) in [5, 5.41) is 2.88. The normalized spacial score (nSPS) is 18.8. The molecule has 2 aromatic carbocycles. The van der Waals surface area contributed by atoms with E-state index >= 15 is 0 Å². The maximum atomic E-state index is 14.2. The molecule has 2 aliphatic rings. The summed E-state index contributed by atoms with van der Waals surface area (Å²) in [6, 6.07) is 13.3. The van der Waals surface area contributed by atoms with Gasteiger partial charge < -0.3 is 19.7 Å². The summed E-state index contributed by atoms with van der Waals surface area (Å²) in [7, 11) is 0. The number of hydrogen-bond acceptors (Lipinski definition) is 5. The van der Waals surface area contributed by atoms with Gasteiger partial charge in [-0.3, -0.25) is 4.90 Å². The van der Waals surface area contributed by atoms with Crippen LogP contribution in [0.1, 0.15) is 26.7 Å². The van der Waals surface area contributed by atoms with Gasteiger partial charge >= 0.3 is 6.03 Å². The average Bonchev–Trinajstić information content (AvgIpc) is 3.32. The van der Waals surface area contributed by atoms with Gasteiger partial charge in [0.15, 0.2) is 0 Å². The van der Waals surface area contributed by atoms with E-state index in [0.717, 1.165) is 42.5 Å². The van der Waals surface area contributed by atoms with Crippen LogP contribution in [0.5, 0.6) is 5.75 Å². The molecule has 0 spiro atoms. The highest BCUT2D eigenvalue weighted by molar-refractivity contribution is 6.30. The number of fused-ring (bicyclic) bond motifs is 1. The number of anilines is 3. The zero-order chi connectivity index (χ0) is 26.1. The minimum absolute atomic E-state index is 0.0588. The van der Waals surface area contributed by atoms with Gasteiger partial charge in [0, 0.05) is 36.3 Å². The van der Waals surface area contributed by atoms with Gasteiger partial charge in [-0.2, -0.15) is 0 Å². The third kappa shape index (κ3) is 5.54. The second-order valence-electron chi connectivity index (χ2n) is 9.69. The van der Waals surface area contributed by atoms with E-state index in [1.54, 1.807) is 11.8 Å². The number of urea groups is 1. The minimum atomic E-state index is -0.600. The van der Waals surface area contributed by atoms with E-state index in [1.165, 1.54) is 12.1 Å². The van der Waals surface area contributed by atoms with E-state index in [9.17, 15) is 14.0 Å². The summed E-state index contributed by atoms with van der Waals surface area (Å²) in [6.45, 7) is 5.58. The molecule has 2 amide bonds. The van der Waals surface area contributed by atoms with Gasteiger partial charge in [0.25, 0.3) is 0 Å². The molecule has 7 nitrogen and oxygen atoms in total. The van der Waals surface area contributed by atoms with Crippen molar-refractivity contribution in [2.45, 2.75) is 32.8 Å². The number of ether oxygens (including phenoxy) is 1. The van der Waals surface area contributed by atoms with Gasteiger partial charge in [-0.25, -0.2) is 14.2 Å².